The van der Waals surface area contributed by atoms with E-state index in [4.69, 9.17) is 27.9 Å². The Morgan fingerprint density at radius 1 is 1.29 bits per heavy atom. The van der Waals surface area contributed by atoms with Crippen LogP contribution in [-0.2, 0) is 9.53 Å². The number of ether oxygens (including phenoxy) is 1. The molecule has 0 unspecified atom stereocenters. The molecule has 2 N–H and O–H groups in total. The smallest absolute Gasteiger partial charge is 0.355 e. The Morgan fingerprint density at radius 2 is 2.05 bits per heavy atom. The van der Waals surface area contributed by atoms with Crippen LogP contribution in [0.2, 0.25) is 10.0 Å². The monoisotopic (exact) mass is 326 g/mol. The van der Waals surface area contributed by atoms with Crippen LogP contribution in [0.5, 0.6) is 0 Å². The SMILES string of the molecule is C[C@@H](OC(=O)c1ccc[nH]1)C(=O)Nc1cc(Cl)ccc1Cl. The summed E-state index contributed by atoms with van der Waals surface area (Å²) < 4.78 is 5.04. The van der Waals surface area contributed by atoms with Gasteiger partial charge < -0.3 is 15.0 Å². The second-order valence-corrected chi connectivity index (χ2v) is 5.09. The van der Waals surface area contributed by atoms with Gasteiger partial charge in [0, 0.05) is 11.2 Å². The van der Waals surface area contributed by atoms with E-state index in [-0.39, 0.29) is 5.69 Å². The zero-order chi connectivity index (χ0) is 15.4. The second kappa shape index (κ2) is 6.65. The molecule has 0 aliphatic carbocycles. The highest BCUT2D eigenvalue weighted by Gasteiger charge is 2.20. The fraction of sp³-hybridized carbons (Fsp3) is 0.143. The van der Waals surface area contributed by atoms with E-state index in [1.807, 2.05) is 0 Å². The molecule has 0 fully saturated rings. The molecule has 7 heteroatoms. The molecular weight excluding hydrogens is 315 g/mol. The van der Waals surface area contributed by atoms with Gasteiger partial charge in [-0.15, -0.1) is 0 Å². The highest BCUT2D eigenvalue weighted by Crippen LogP contribution is 2.25. The first-order valence-corrected chi connectivity index (χ1v) is 6.83. The molecule has 0 aliphatic rings. The fourth-order valence-corrected chi connectivity index (χ4v) is 1.90. The number of aromatic amines is 1. The molecule has 5 nitrogen and oxygen atoms in total. The number of hydrogen-bond acceptors (Lipinski definition) is 3. The lowest BCUT2D eigenvalue weighted by atomic mass is 10.3. The maximum absolute atomic E-state index is 12.0. The third kappa shape index (κ3) is 4.00. The highest BCUT2D eigenvalue weighted by atomic mass is 35.5. The van der Waals surface area contributed by atoms with Crippen molar-refractivity contribution in [3.63, 3.8) is 0 Å². The van der Waals surface area contributed by atoms with Gasteiger partial charge in [-0.1, -0.05) is 23.2 Å². The van der Waals surface area contributed by atoms with Crippen molar-refractivity contribution in [2.45, 2.75) is 13.0 Å². The van der Waals surface area contributed by atoms with Gasteiger partial charge in [-0.25, -0.2) is 4.79 Å². The number of anilines is 1. The maximum Gasteiger partial charge on any atom is 0.355 e. The Kier molecular flexibility index (Phi) is 4.88. The van der Waals surface area contributed by atoms with E-state index in [1.54, 1.807) is 30.5 Å². The molecule has 1 atom stereocenters. The van der Waals surface area contributed by atoms with Crippen molar-refractivity contribution in [2.75, 3.05) is 5.32 Å². The van der Waals surface area contributed by atoms with Crippen LogP contribution >= 0.6 is 23.2 Å². The molecule has 1 amide bonds. The summed E-state index contributed by atoms with van der Waals surface area (Å²) in [5, 5.41) is 3.34. The number of carbonyl (C=O) groups is 2. The molecule has 0 bridgehead atoms. The lowest BCUT2D eigenvalue weighted by molar-refractivity contribution is -0.123. The summed E-state index contributed by atoms with van der Waals surface area (Å²) >= 11 is 11.8. The molecule has 1 aromatic heterocycles. The molecule has 110 valence electrons. The zero-order valence-corrected chi connectivity index (χ0v) is 12.5. The number of aromatic nitrogens is 1. The van der Waals surface area contributed by atoms with Gasteiger partial charge in [0.2, 0.25) is 0 Å². The Balaban J connectivity index is 1.99. The molecule has 0 aliphatic heterocycles. The molecule has 21 heavy (non-hydrogen) atoms. The van der Waals surface area contributed by atoms with E-state index in [0.717, 1.165) is 0 Å². The molecule has 0 radical (unpaired) electrons. The van der Waals surface area contributed by atoms with Gasteiger partial charge in [0.15, 0.2) is 6.10 Å². The number of H-pyrrole nitrogens is 1. The first-order chi connectivity index (χ1) is 9.97. The first kappa shape index (κ1) is 15.4. The molecule has 2 aromatic rings. The van der Waals surface area contributed by atoms with Crippen molar-refractivity contribution < 1.29 is 14.3 Å². The van der Waals surface area contributed by atoms with Crippen LogP contribution in [0.1, 0.15) is 17.4 Å². The summed E-state index contributed by atoms with van der Waals surface area (Å²) in [7, 11) is 0. The number of halogens is 2. The molecule has 1 heterocycles. The predicted octanol–water partition coefficient (Wildman–Crippen LogP) is 3.51. The topological polar surface area (TPSA) is 71.2 Å². The van der Waals surface area contributed by atoms with E-state index in [2.05, 4.69) is 10.3 Å². The summed E-state index contributed by atoms with van der Waals surface area (Å²) in [6.45, 7) is 1.47. The van der Waals surface area contributed by atoms with Crippen LogP contribution in [0.15, 0.2) is 36.5 Å². The average molecular weight is 327 g/mol. The largest absolute Gasteiger partial charge is 0.448 e. The minimum atomic E-state index is -0.976. The summed E-state index contributed by atoms with van der Waals surface area (Å²) in [5.41, 5.74) is 0.632. The Hall–Kier alpha value is -1.98. The van der Waals surface area contributed by atoms with Crippen molar-refractivity contribution in [1.82, 2.24) is 4.98 Å². The summed E-state index contributed by atoms with van der Waals surface area (Å²) in [6, 6.07) is 7.90. The lowest BCUT2D eigenvalue weighted by Crippen LogP contribution is -2.30. The van der Waals surface area contributed by atoms with Crippen molar-refractivity contribution in [1.29, 1.82) is 0 Å². The van der Waals surface area contributed by atoms with Crippen molar-refractivity contribution in [2.24, 2.45) is 0 Å². The molecule has 0 spiro atoms. The minimum absolute atomic E-state index is 0.274. The van der Waals surface area contributed by atoms with Gasteiger partial charge >= 0.3 is 5.97 Å². The van der Waals surface area contributed by atoms with Crippen LogP contribution in [0, 0.1) is 0 Å². The molecule has 2 rings (SSSR count). The lowest BCUT2D eigenvalue weighted by Gasteiger charge is -2.14. The van der Waals surface area contributed by atoms with E-state index >= 15 is 0 Å². The number of carbonyl (C=O) groups excluding carboxylic acids is 2. The summed E-state index contributed by atoms with van der Waals surface area (Å²) in [5.74, 6) is -1.11. The number of hydrogen-bond donors (Lipinski definition) is 2. The second-order valence-electron chi connectivity index (χ2n) is 4.24. The summed E-state index contributed by atoms with van der Waals surface area (Å²) in [4.78, 5) is 26.4. The van der Waals surface area contributed by atoms with Crippen molar-refractivity contribution in [3.8, 4) is 0 Å². The Morgan fingerprint density at radius 3 is 2.71 bits per heavy atom. The summed E-state index contributed by atoms with van der Waals surface area (Å²) in [6.07, 6.45) is 0.614. The van der Waals surface area contributed by atoms with Gasteiger partial charge in [-0.05, 0) is 37.3 Å². The molecular formula is C14H12Cl2N2O3. The minimum Gasteiger partial charge on any atom is -0.448 e. The van der Waals surface area contributed by atoms with Crippen LogP contribution < -0.4 is 5.32 Å². The Bertz CT molecular complexity index is 656. The van der Waals surface area contributed by atoms with Crippen molar-refractivity contribution >= 4 is 40.8 Å². The number of nitrogens with one attached hydrogen (secondary N) is 2. The van der Waals surface area contributed by atoms with Crippen LogP contribution in [0.3, 0.4) is 0 Å². The average Bonchev–Trinajstić information content (AvgIpc) is 2.97. The predicted molar refractivity (Wildman–Crippen MR) is 80.8 cm³/mol. The fourth-order valence-electron chi connectivity index (χ4n) is 1.56. The molecule has 0 saturated carbocycles. The van der Waals surface area contributed by atoms with E-state index in [1.165, 1.54) is 13.0 Å². The molecule has 0 saturated heterocycles. The third-order valence-corrected chi connectivity index (χ3v) is 3.22. The normalized spacial score (nSPS) is 11.8. The highest BCUT2D eigenvalue weighted by molar-refractivity contribution is 6.35. The number of rotatable bonds is 4. The van der Waals surface area contributed by atoms with Gasteiger partial charge in [-0.3, -0.25) is 4.79 Å². The third-order valence-electron chi connectivity index (χ3n) is 2.66. The quantitative estimate of drug-likeness (QED) is 0.844. The van der Waals surface area contributed by atoms with Gasteiger partial charge in [0.1, 0.15) is 5.69 Å². The van der Waals surface area contributed by atoms with Crippen LogP contribution in [0.25, 0.3) is 0 Å². The van der Waals surface area contributed by atoms with Gasteiger partial charge in [-0.2, -0.15) is 0 Å². The standard InChI is InChI=1S/C14H12Cl2N2O3/c1-8(21-14(20)11-3-2-6-17-11)13(19)18-12-7-9(15)4-5-10(12)16/h2-8,17H,1H3,(H,18,19)/t8-/m1/s1. The van der Waals surface area contributed by atoms with Gasteiger partial charge in [0.05, 0.1) is 10.7 Å². The number of benzene rings is 1. The first-order valence-electron chi connectivity index (χ1n) is 6.07. The number of amides is 1. The number of esters is 1. The van der Waals surface area contributed by atoms with E-state index < -0.39 is 18.0 Å². The van der Waals surface area contributed by atoms with Crippen LogP contribution in [0.4, 0.5) is 5.69 Å². The van der Waals surface area contributed by atoms with Crippen LogP contribution in [-0.4, -0.2) is 23.0 Å². The van der Waals surface area contributed by atoms with Gasteiger partial charge in [0.25, 0.3) is 5.91 Å². The zero-order valence-electron chi connectivity index (χ0n) is 11.0. The maximum atomic E-state index is 12.0. The Labute approximate surface area is 131 Å². The van der Waals surface area contributed by atoms with E-state index in [9.17, 15) is 9.59 Å². The van der Waals surface area contributed by atoms with Crippen molar-refractivity contribution in [3.05, 3.63) is 52.3 Å². The van der Waals surface area contributed by atoms with E-state index in [0.29, 0.717) is 15.7 Å². The molecule has 1 aromatic carbocycles.